The second-order valence-electron chi connectivity index (χ2n) is 6.00. The number of aromatic nitrogens is 1. The van der Waals surface area contributed by atoms with E-state index in [4.69, 9.17) is 9.84 Å². The molecule has 0 saturated carbocycles. The number of aliphatic hydroxyl groups is 1. The second kappa shape index (κ2) is 7.84. The maximum Gasteiger partial charge on any atom is 0.404 e. The van der Waals surface area contributed by atoms with Crippen LogP contribution in [0.2, 0.25) is 0 Å². The van der Waals surface area contributed by atoms with Crippen LogP contribution in [-0.4, -0.2) is 34.9 Å². The number of rotatable bonds is 6. The molecule has 1 amide bonds. The average molecular weight is 352 g/mol. The number of methoxy groups -OCH3 is 1. The number of aliphatic hydroxyl groups excluding tert-OH is 1. The van der Waals surface area contributed by atoms with Gasteiger partial charge >= 0.3 is 6.09 Å². The Morgan fingerprint density at radius 3 is 2.62 bits per heavy atom. The van der Waals surface area contributed by atoms with Gasteiger partial charge < -0.3 is 20.3 Å². The summed E-state index contributed by atoms with van der Waals surface area (Å²) in [6, 6.07) is 15.4. The summed E-state index contributed by atoms with van der Waals surface area (Å²) >= 11 is 0. The molecule has 0 saturated heterocycles. The quantitative estimate of drug-likeness (QED) is 0.633. The van der Waals surface area contributed by atoms with Crippen molar-refractivity contribution in [2.45, 2.75) is 12.0 Å². The number of nitrogens with zero attached hydrogens (tertiary/aromatic N) is 1. The first-order valence-corrected chi connectivity index (χ1v) is 8.21. The number of amides is 1. The molecule has 0 spiro atoms. The van der Waals surface area contributed by atoms with Gasteiger partial charge in [0.25, 0.3) is 0 Å². The van der Waals surface area contributed by atoms with Crippen LogP contribution in [0.3, 0.4) is 0 Å². The van der Waals surface area contributed by atoms with Gasteiger partial charge in [0.15, 0.2) is 0 Å². The molecule has 0 fully saturated rings. The Kier molecular flexibility index (Phi) is 5.34. The lowest BCUT2D eigenvalue weighted by molar-refractivity contribution is 0.140. The van der Waals surface area contributed by atoms with Crippen molar-refractivity contribution in [3.63, 3.8) is 0 Å². The van der Waals surface area contributed by atoms with Crippen LogP contribution >= 0.6 is 0 Å². The van der Waals surface area contributed by atoms with E-state index in [9.17, 15) is 9.90 Å². The normalized spacial score (nSPS) is 13.2. The lowest BCUT2D eigenvalue weighted by atomic mass is 9.88. The highest BCUT2D eigenvalue weighted by Gasteiger charge is 2.24. The molecule has 0 bridgehead atoms. The maximum absolute atomic E-state index is 11.0. The van der Waals surface area contributed by atoms with Crippen LogP contribution in [0.4, 0.5) is 4.79 Å². The molecule has 6 heteroatoms. The third-order valence-corrected chi connectivity index (χ3v) is 4.37. The Morgan fingerprint density at radius 1 is 1.12 bits per heavy atom. The van der Waals surface area contributed by atoms with Gasteiger partial charge in [0.05, 0.1) is 19.4 Å². The van der Waals surface area contributed by atoms with Crippen molar-refractivity contribution in [1.29, 1.82) is 0 Å². The number of hydrogen-bond acceptors (Lipinski definition) is 4. The SMILES string of the molecule is COc1cncc(C(O)C(CNC(=O)O)c2ccc3ccccc3c2)c1. The highest BCUT2D eigenvalue weighted by molar-refractivity contribution is 5.83. The maximum atomic E-state index is 11.0. The van der Waals surface area contributed by atoms with Crippen molar-refractivity contribution in [2.75, 3.05) is 13.7 Å². The van der Waals surface area contributed by atoms with Crippen LogP contribution in [0.25, 0.3) is 10.8 Å². The van der Waals surface area contributed by atoms with Gasteiger partial charge in [0.2, 0.25) is 0 Å². The van der Waals surface area contributed by atoms with E-state index in [-0.39, 0.29) is 6.54 Å². The zero-order chi connectivity index (χ0) is 18.5. The van der Waals surface area contributed by atoms with Gasteiger partial charge in [-0.3, -0.25) is 4.98 Å². The monoisotopic (exact) mass is 352 g/mol. The van der Waals surface area contributed by atoms with E-state index in [1.165, 1.54) is 7.11 Å². The minimum absolute atomic E-state index is 0.0754. The van der Waals surface area contributed by atoms with Crippen LogP contribution in [-0.2, 0) is 0 Å². The molecule has 0 radical (unpaired) electrons. The predicted molar refractivity (Wildman–Crippen MR) is 98.5 cm³/mol. The summed E-state index contributed by atoms with van der Waals surface area (Å²) in [6.07, 6.45) is 1.04. The first kappa shape index (κ1) is 17.7. The van der Waals surface area contributed by atoms with Gasteiger partial charge in [-0.05, 0) is 22.4 Å². The molecule has 1 heterocycles. The Hall–Kier alpha value is -3.12. The first-order chi connectivity index (χ1) is 12.6. The summed E-state index contributed by atoms with van der Waals surface area (Å²) in [5.74, 6) is 0.0645. The fourth-order valence-electron chi connectivity index (χ4n) is 2.99. The van der Waals surface area contributed by atoms with Crippen LogP contribution in [0, 0.1) is 0 Å². The van der Waals surface area contributed by atoms with Crippen molar-refractivity contribution < 1.29 is 19.7 Å². The van der Waals surface area contributed by atoms with Gasteiger partial charge in [-0.2, -0.15) is 0 Å². The molecule has 3 rings (SSSR count). The number of hydrogen-bond donors (Lipinski definition) is 3. The Balaban J connectivity index is 1.98. The summed E-state index contributed by atoms with van der Waals surface area (Å²) < 4.78 is 5.16. The number of pyridine rings is 1. The van der Waals surface area contributed by atoms with Crippen molar-refractivity contribution in [1.82, 2.24) is 10.3 Å². The largest absolute Gasteiger partial charge is 0.495 e. The molecule has 2 atom stereocenters. The Morgan fingerprint density at radius 2 is 1.88 bits per heavy atom. The number of carboxylic acid groups (broad SMARTS) is 1. The number of nitrogens with one attached hydrogen (secondary N) is 1. The highest BCUT2D eigenvalue weighted by Crippen LogP contribution is 2.33. The number of benzene rings is 2. The molecule has 6 nitrogen and oxygen atoms in total. The summed E-state index contributed by atoms with van der Waals surface area (Å²) in [7, 11) is 1.53. The molecule has 3 N–H and O–H groups in total. The van der Waals surface area contributed by atoms with E-state index < -0.39 is 18.1 Å². The Bertz CT molecular complexity index is 913. The lowest BCUT2D eigenvalue weighted by Crippen LogP contribution is -2.29. The molecule has 1 aromatic heterocycles. The minimum Gasteiger partial charge on any atom is -0.495 e. The van der Waals surface area contributed by atoms with Gasteiger partial charge in [0, 0.05) is 24.2 Å². The van der Waals surface area contributed by atoms with E-state index in [2.05, 4.69) is 10.3 Å². The molecular formula is C20H20N2O4. The third kappa shape index (κ3) is 3.92. The van der Waals surface area contributed by atoms with Gasteiger partial charge in [-0.1, -0.05) is 42.5 Å². The second-order valence-corrected chi connectivity index (χ2v) is 6.00. The first-order valence-electron chi connectivity index (χ1n) is 8.21. The van der Waals surface area contributed by atoms with Gasteiger partial charge in [0.1, 0.15) is 5.75 Å². The molecule has 2 unspecified atom stereocenters. The highest BCUT2D eigenvalue weighted by atomic mass is 16.5. The lowest BCUT2D eigenvalue weighted by Gasteiger charge is -2.24. The van der Waals surface area contributed by atoms with Crippen LogP contribution < -0.4 is 10.1 Å². The third-order valence-electron chi connectivity index (χ3n) is 4.37. The number of fused-ring (bicyclic) bond motifs is 1. The minimum atomic E-state index is -1.13. The zero-order valence-electron chi connectivity index (χ0n) is 14.3. The van der Waals surface area contributed by atoms with Gasteiger partial charge in [-0.15, -0.1) is 0 Å². The Labute approximate surface area is 151 Å². The fraction of sp³-hybridized carbons (Fsp3) is 0.200. The molecule has 134 valence electrons. The molecular weight excluding hydrogens is 332 g/mol. The number of ether oxygens (including phenoxy) is 1. The van der Waals surface area contributed by atoms with E-state index in [1.54, 1.807) is 18.5 Å². The summed E-state index contributed by atoms with van der Waals surface area (Å²) in [5, 5.41) is 24.4. The van der Waals surface area contributed by atoms with E-state index in [0.29, 0.717) is 11.3 Å². The van der Waals surface area contributed by atoms with Crippen molar-refractivity contribution >= 4 is 16.9 Å². The zero-order valence-corrected chi connectivity index (χ0v) is 14.3. The van der Waals surface area contributed by atoms with Crippen LogP contribution in [0.5, 0.6) is 5.75 Å². The smallest absolute Gasteiger partial charge is 0.404 e. The topological polar surface area (TPSA) is 91.7 Å². The molecule has 2 aromatic carbocycles. The summed E-state index contributed by atoms with van der Waals surface area (Å²) in [6.45, 7) is 0.0754. The average Bonchev–Trinajstić information content (AvgIpc) is 2.67. The van der Waals surface area contributed by atoms with Crippen LogP contribution in [0.1, 0.15) is 23.1 Å². The molecule has 26 heavy (non-hydrogen) atoms. The van der Waals surface area contributed by atoms with Crippen LogP contribution in [0.15, 0.2) is 60.9 Å². The number of carbonyl (C=O) groups is 1. The summed E-state index contributed by atoms with van der Waals surface area (Å²) in [4.78, 5) is 15.1. The van der Waals surface area contributed by atoms with Crippen molar-refractivity contribution in [3.05, 3.63) is 72.1 Å². The van der Waals surface area contributed by atoms with Crippen molar-refractivity contribution in [3.8, 4) is 5.75 Å². The molecule has 0 aliphatic rings. The van der Waals surface area contributed by atoms with E-state index in [1.807, 2.05) is 42.5 Å². The molecule has 3 aromatic rings. The van der Waals surface area contributed by atoms with Crippen molar-refractivity contribution in [2.24, 2.45) is 0 Å². The predicted octanol–water partition coefficient (Wildman–Crippen LogP) is 3.33. The van der Waals surface area contributed by atoms with E-state index in [0.717, 1.165) is 16.3 Å². The fourth-order valence-corrected chi connectivity index (χ4v) is 2.99. The summed E-state index contributed by atoms with van der Waals surface area (Å²) in [5.41, 5.74) is 1.41. The standard InChI is InChI=1S/C20H20N2O4/c1-26-17-9-16(10-21-11-17)19(23)18(12-22-20(24)25)15-7-6-13-4-2-3-5-14(13)8-15/h2-11,18-19,22-23H,12H2,1H3,(H,24,25). The van der Waals surface area contributed by atoms with Gasteiger partial charge in [-0.25, -0.2) is 4.79 Å². The molecule has 0 aliphatic heterocycles. The molecule has 0 aliphatic carbocycles. The van der Waals surface area contributed by atoms with E-state index >= 15 is 0 Å².